The van der Waals surface area contributed by atoms with Gasteiger partial charge in [-0.15, -0.1) is 0 Å². The van der Waals surface area contributed by atoms with Crippen LogP contribution in [0.5, 0.6) is 5.75 Å². The zero-order valence-corrected chi connectivity index (χ0v) is 20.8. The normalized spacial score (nSPS) is 12.6. The molecule has 1 unspecified atom stereocenters. The topological polar surface area (TPSA) is 66.0 Å². The quantitative estimate of drug-likeness (QED) is 0.0836. The van der Waals surface area contributed by atoms with Crippen LogP contribution < -0.4 is 10.1 Å². The Hall–Kier alpha value is -1.98. The molecule has 0 heterocycles. The summed E-state index contributed by atoms with van der Waals surface area (Å²) < 4.78 is 87.7. The van der Waals surface area contributed by atoms with Crippen LogP contribution >= 0.6 is 0 Å². The van der Waals surface area contributed by atoms with Crippen LogP contribution in [-0.4, -0.2) is 39.9 Å². The minimum Gasteiger partial charge on any atom is -0.404 e. The zero-order valence-electron chi connectivity index (χ0n) is 20.8. The van der Waals surface area contributed by atoms with Crippen LogP contribution in [0.4, 0.5) is 26.7 Å². The highest BCUT2D eigenvalue weighted by Crippen LogP contribution is 2.33. The number of carbonyl (C=O) groups is 1. The molecule has 0 spiro atoms. The second-order valence-corrected chi connectivity index (χ2v) is 8.18. The molecule has 0 fully saturated rings. The van der Waals surface area contributed by atoms with Gasteiger partial charge in [0.15, 0.2) is 0 Å². The highest BCUT2D eigenvalue weighted by molar-refractivity contribution is 5.70. The SMILES string of the molecule is CCCCCCCCC(CCCCNC(=O)Oc1c(F)c(F)c(F)c(F)c1F)C(OC)(OC)OC. The number of hydrogen-bond acceptors (Lipinski definition) is 5. The van der Waals surface area contributed by atoms with Gasteiger partial charge >= 0.3 is 6.09 Å². The lowest BCUT2D eigenvalue weighted by Crippen LogP contribution is -2.44. The maximum atomic E-state index is 13.6. The first-order valence-electron chi connectivity index (χ1n) is 11.8. The summed E-state index contributed by atoms with van der Waals surface area (Å²) in [7, 11) is 4.49. The largest absolute Gasteiger partial charge is 0.412 e. The van der Waals surface area contributed by atoms with Crippen molar-refractivity contribution in [3.63, 3.8) is 0 Å². The summed E-state index contributed by atoms with van der Waals surface area (Å²) in [6, 6.07) is 0. The average Bonchev–Trinajstić information content (AvgIpc) is 2.86. The fraction of sp³-hybridized carbons (Fsp3) is 0.708. The summed E-state index contributed by atoms with van der Waals surface area (Å²) in [6.07, 6.45) is 7.94. The van der Waals surface area contributed by atoms with Crippen molar-refractivity contribution in [2.24, 2.45) is 5.92 Å². The van der Waals surface area contributed by atoms with Crippen molar-refractivity contribution in [2.75, 3.05) is 27.9 Å². The fourth-order valence-electron chi connectivity index (χ4n) is 3.93. The van der Waals surface area contributed by atoms with Gasteiger partial charge in [0.1, 0.15) is 0 Å². The summed E-state index contributed by atoms with van der Waals surface area (Å²) in [5, 5.41) is 2.24. The highest BCUT2D eigenvalue weighted by atomic mass is 19.2. The number of hydrogen-bond donors (Lipinski definition) is 1. The molecule has 1 atom stereocenters. The van der Waals surface area contributed by atoms with Gasteiger partial charge in [-0.3, -0.25) is 0 Å². The van der Waals surface area contributed by atoms with Gasteiger partial charge in [-0.05, 0) is 19.3 Å². The number of ether oxygens (including phenoxy) is 4. The molecule has 11 heteroatoms. The Bertz CT molecular complexity index is 755. The fourth-order valence-corrected chi connectivity index (χ4v) is 3.93. The Kier molecular flexibility index (Phi) is 14.1. The Balaban J connectivity index is 2.57. The molecule has 0 saturated carbocycles. The van der Waals surface area contributed by atoms with Crippen LogP contribution in [0, 0.1) is 35.0 Å². The van der Waals surface area contributed by atoms with Gasteiger partial charge in [-0.25, -0.2) is 18.0 Å². The molecule has 1 aromatic carbocycles. The Morgan fingerprint density at radius 1 is 0.743 bits per heavy atom. The summed E-state index contributed by atoms with van der Waals surface area (Å²) in [4.78, 5) is 11.8. The van der Waals surface area contributed by atoms with Crippen LogP contribution in [0.15, 0.2) is 0 Å². The molecule has 1 amide bonds. The van der Waals surface area contributed by atoms with E-state index in [4.69, 9.17) is 14.2 Å². The lowest BCUT2D eigenvalue weighted by atomic mass is 9.92. The molecule has 1 aromatic rings. The van der Waals surface area contributed by atoms with Crippen LogP contribution in [0.1, 0.15) is 71.1 Å². The molecule has 0 aliphatic rings. The molecule has 0 radical (unpaired) electrons. The van der Waals surface area contributed by atoms with E-state index in [-0.39, 0.29) is 12.5 Å². The number of unbranched alkanes of at least 4 members (excludes halogenated alkanes) is 6. The number of amides is 1. The average molecular weight is 514 g/mol. The number of benzene rings is 1. The molecular formula is C24H36F5NO5. The van der Waals surface area contributed by atoms with Crippen molar-refractivity contribution < 1.29 is 45.7 Å². The predicted molar refractivity (Wildman–Crippen MR) is 119 cm³/mol. The third-order valence-corrected chi connectivity index (χ3v) is 5.87. The third-order valence-electron chi connectivity index (χ3n) is 5.87. The van der Waals surface area contributed by atoms with Crippen molar-refractivity contribution in [3.8, 4) is 5.75 Å². The monoisotopic (exact) mass is 513 g/mol. The Morgan fingerprint density at radius 3 is 1.71 bits per heavy atom. The van der Waals surface area contributed by atoms with E-state index in [0.717, 1.165) is 25.7 Å². The van der Waals surface area contributed by atoms with E-state index in [2.05, 4.69) is 17.0 Å². The highest BCUT2D eigenvalue weighted by Gasteiger charge is 2.39. The number of methoxy groups -OCH3 is 3. The summed E-state index contributed by atoms with van der Waals surface area (Å²) >= 11 is 0. The van der Waals surface area contributed by atoms with Crippen molar-refractivity contribution in [3.05, 3.63) is 29.1 Å². The number of halogens is 5. The molecule has 0 aliphatic carbocycles. The lowest BCUT2D eigenvalue weighted by Gasteiger charge is -2.36. The molecule has 0 bridgehead atoms. The number of nitrogens with one attached hydrogen (secondary N) is 1. The molecule has 35 heavy (non-hydrogen) atoms. The van der Waals surface area contributed by atoms with E-state index in [1.165, 1.54) is 40.6 Å². The first-order chi connectivity index (χ1) is 16.7. The molecule has 1 N–H and O–H groups in total. The van der Waals surface area contributed by atoms with Crippen LogP contribution in [0.2, 0.25) is 0 Å². The van der Waals surface area contributed by atoms with Crippen molar-refractivity contribution in [1.29, 1.82) is 0 Å². The van der Waals surface area contributed by atoms with E-state index in [0.29, 0.717) is 19.3 Å². The van der Waals surface area contributed by atoms with E-state index in [1.54, 1.807) is 0 Å². The van der Waals surface area contributed by atoms with Gasteiger partial charge in [-0.2, -0.15) is 8.78 Å². The van der Waals surface area contributed by atoms with E-state index >= 15 is 0 Å². The van der Waals surface area contributed by atoms with E-state index in [9.17, 15) is 26.7 Å². The first-order valence-corrected chi connectivity index (χ1v) is 11.8. The van der Waals surface area contributed by atoms with E-state index in [1.807, 2.05) is 0 Å². The van der Waals surface area contributed by atoms with E-state index < -0.39 is 46.9 Å². The Morgan fingerprint density at radius 2 is 1.20 bits per heavy atom. The first kappa shape index (κ1) is 31.1. The summed E-state index contributed by atoms with van der Waals surface area (Å²) in [5.41, 5.74) is 0. The number of carbonyl (C=O) groups excluding carboxylic acids is 1. The van der Waals surface area contributed by atoms with Gasteiger partial charge in [0, 0.05) is 33.8 Å². The summed E-state index contributed by atoms with van der Waals surface area (Å²) in [5.74, 6) is -14.1. The van der Waals surface area contributed by atoms with Crippen molar-refractivity contribution in [1.82, 2.24) is 5.32 Å². The lowest BCUT2D eigenvalue weighted by molar-refractivity contribution is -0.380. The second-order valence-electron chi connectivity index (χ2n) is 8.18. The van der Waals surface area contributed by atoms with Crippen molar-refractivity contribution >= 4 is 6.09 Å². The molecule has 0 aliphatic heterocycles. The maximum absolute atomic E-state index is 13.6. The molecule has 202 valence electrons. The minimum absolute atomic E-state index is 0.0535. The predicted octanol–water partition coefficient (Wildman–Crippen LogP) is 6.60. The minimum atomic E-state index is -2.33. The van der Waals surface area contributed by atoms with Crippen LogP contribution in [0.3, 0.4) is 0 Å². The van der Waals surface area contributed by atoms with Crippen LogP contribution in [-0.2, 0) is 14.2 Å². The van der Waals surface area contributed by atoms with Crippen LogP contribution in [0.25, 0.3) is 0 Å². The van der Waals surface area contributed by atoms with Gasteiger partial charge < -0.3 is 24.3 Å². The van der Waals surface area contributed by atoms with Gasteiger partial charge in [0.2, 0.25) is 34.8 Å². The molecule has 0 saturated heterocycles. The third kappa shape index (κ3) is 8.88. The summed E-state index contributed by atoms with van der Waals surface area (Å²) in [6.45, 7) is 2.21. The number of rotatable bonds is 17. The molecule has 0 aromatic heterocycles. The smallest absolute Gasteiger partial charge is 0.404 e. The van der Waals surface area contributed by atoms with Gasteiger partial charge in [0.05, 0.1) is 0 Å². The molecule has 1 rings (SSSR count). The molecule has 6 nitrogen and oxygen atoms in total. The standard InChI is InChI=1S/C24H36F5NO5/c1-5-6-7-8-9-10-13-16(24(32-2,33-3)34-4)14-11-12-15-30-23(31)35-22-20(28)18(26)17(25)19(27)21(22)29/h16H,5-15H2,1-4H3,(H,30,31). The second kappa shape index (κ2) is 15.9. The van der Waals surface area contributed by atoms with Crippen molar-refractivity contribution in [2.45, 2.75) is 77.1 Å². The maximum Gasteiger partial charge on any atom is 0.412 e. The zero-order chi connectivity index (χ0) is 26.4. The van der Waals surface area contributed by atoms with Gasteiger partial charge in [0.25, 0.3) is 5.97 Å². The Labute approximate surface area is 203 Å². The molecular weight excluding hydrogens is 477 g/mol. The van der Waals surface area contributed by atoms with Gasteiger partial charge in [-0.1, -0.05) is 51.9 Å².